The monoisotopic (exact) mass is 280 g/mol. The van der Waals surface area contributed by atoms with Gasteiger partial charge >= 0.3 is 0 Å². The van der Waals surface area contributed by atoms with Gasteiger partial charge in [-0.05, 0) is 30.7 Å². The fourth-order valence-corrected chi connectivity index (χ4v) is 2.77. The number of imide groups is 1. The summed E-state index contributed by atoms with van der Waals surface area (Å²) in [6.07, 6.45) is 0.551. The first-order chi connectivity index (χ1) is 10.2. The van der Waals surface area contributed by atoms with Gasteiger partial charge in [0.1, 0.15) is 0 Å². The number of hydrogen-bond donors (Lipinski definition) is 1. The molecule has 0 saturated carbocycles. The Morgan fingerprint density at radius 1 is 0.857 bits per heavy atom. The maximum Gasteiger partial charge on any atom is 0.262 e. The molecule has 4 nitrogen and oxygen atoms in total. The highest BCUT2D eigenvalue weighted by atomic mass is 16.2. The van der Waals surface area contributed by atoms with Crippen molar-refractivity contribution in [3.63, 3.8) is 0 Å². The van der Waals surface area contributed by atoms with Gasteiger partial charge in [-0.2, -0.15) is 0 Å². The average molecular weight is 280 g/mol. The fraction of sp³-hybridized carbons (Fsp3) is 0.176. The highest BCUT2D eigenvalue weighted by molar-refractivity contribution is 6.21. The molecule has 21 heavy (non-hydrogen) atoms. The Morgan fingerprint density at radius 2 is 1.38 bits per heavy atom. The molecule has 0 unspecified atom stereocenters. The molecule has 3 rings (SSSR count). The van der Waals surface area contributed by atoms with Crippen molar-refractivity contribution in [2.24, 2.45) is 5.73 Å². The number of benzene rings is 2. The van der Waals surface area contributed by atoms with Gasteiger partial charge in [-0.15, -0.1) is 0 Å². The molecule has 1 aliphatic rings. The van der Waals surface area contributed by atoms with E-state index in [1.807, 2.05) is 30.3 Å². The third kappa shape index (κ3) is 2.23. The van der Waals surface area contributed by atoms with Gasteiger partial charge in [-0.1, -0.05) is 42.5 Å². The van der Waals surface area contributed by atoms with Crippen LogP contribution in [0.1, 0.15) is 38.7 Å². The molecule has 0 saturated heterocycles. The summed E-state index contributed by atoms with van der Waals surface area (Å²) >= 11 is 0. The molecule has 1 atom stereocenters. The molecule has 106 valence electrons. The van der Waals surface area contributed by atoms with Crippen molar-refractivity contribution in [1.29, 1.82) is 0 Å². The van der Waals surface area contributed by atoms with Gasteiger partial charge in [0.25, 0.3) is 11.8 Å². The maximum absolute atomic E-state index is 12.6. The number of nitrogens with two attached hydrogens (primary N) is 1. The number of carbonyl (C=O) groups excluding carboxylic acids is 2. The Kier molecular flexibility index (Phi) is 3.54. The topological polar surface area (TPSA) is 63.4 Å². The average Bonchev–Trinajstić information content (AvgIpc) is 2.78. The lowest BCUT2D eigenvalue weighted by atomic mass is 10.0. The van der Waals surface area contributed by atoms with E-state index in [0.29, 0.717) is 24.1 Å². The molecule has 2 aromatic carbocycles. The van der Waals surface area contributed by atoms with E-state index in [2.05, 4.69) is 0 Å². The predicted octanol–water partition coefficient (Wildman–Crippen LogP) is 2.37. The van der Waals surface area contributed by atoms with Crippen LogP contribution in [-0.2, 0) is 0 Å². The molecule has 0 radical (unpaired) electrons. The molecule has 1 heterocycles. The van der Waals surface area contributed by atoms with Gasteiger partial charge in [0, 0.05) is 0 Å². The van der Waals surface area contributed by atoms with Crippen LogP contribution in [0.15, 0.2) is 54.6 Å². The van der Waals surface area contributed by atoms with E-state index in [0.717, 1.165) is 5.56 Å². The van der Waals surface area contributed by atoms with Crippen molar-refractivity contribution >= 4 is 11.8 Å². The van der Waals surface area contributed by atoms with Gasteiger partial charge in [-0.25, -0.2) is 0 Å². The number of carbonyl (C=O) groups is 2. The van der Waals surface area contributed by atoms with Crippen LogP contribution in [0.2, 0.25) is 0 Å². The van der Waals surface area contributed by atoms with Gasteiger partial charge in [-0.3, -0.25) is 14.5 Å². The van der Waals surface area contributed by atoms with E-state index in [1.54, 1.807) is 24.3 Å². The van der Waals surface area contributed by atoms with Gasteiger partial charge in [0.15, 0.2) is 0 Å². The largest absolute Gasteiger partial charge is 0.330 e. The molecular formula is C17H16N2O2. The van der Waals surface area contributed by atoms with E-state index in [1.165, 1.54) is 4.90 Å². The summed E-state index contributed by atoms with van der Waals surface area (Å²) in [5, 5.41) is 0. The summed E-state index contributed by atoms with van der Waals surface area (Å²) in [6, 6.07) is 16.2. The summed E-state index contributed by atoms with van der Waals surface area (Å²) < 4.78 is 0. The highest BCUT2D eigenvalue weighted by Gasteiger charge is 2.39. The smallest absolute Gasteiger partial charge is 0.262 e. The summed E-state index contributed by atoms with van der Waals surface area (Å²) in [5.74, 6) is -0.476. The summed E-state index contributed by atoms with van der Waals surface area (Å²) in [7, 11) is 0. The number of nitrogens with zero attached hydrogens (tertiary/aromatic N) is 1. The molecule has 2 aromatic rings. The molecule has 0 spiro atoms. The third-order valence-electron chi connectivity index (χ3n) is 3.76. The molecule has 2 N–H and O–H groups in total. The second kappa shape index (κ2) is 5.50. The lowest BCUT2D eigenvalue weighted by molar-refractivity contribution is 0.0576. The van der Waals surface area contributed by atoms with E-state index in [9.17, 15) is 9.59 Å². The second-order valence-electron chi connectivity index (χ2n) is 5.03. The van der Waals surface area contributed by atoms with Crippen molar-refractivity contribution < 1.29 is 9.59 Å². The summed E-state index contributed by atoms with van der Waals surface area (Å²) in [4.78, 5) is 26.5. The first-order valence-electron chi connectivity index (χ1n) is 6.96. The Hall–Kier alpha value is -2.46. The molecule has 0 aromatic heterocycles. The quantitative estimate of drug-likeness (QED) is 0.874. The van der Waals surface area contributed by atoms with Crippen LogP contribution in [-0.4, -0.2) is 23.3 Å². The first kappa shape index (κ1) is 13.5. The van der Waals surface area contributed by atoms with Crippen LogP contribution in [0.25, 0.3) is 0 Å². The minimum Gasteiger partial charge on any atom is -0.330 e. The van der Waals surface area contributed by atoms with E-state index in [4.69, 9.17) is 5.73 Å². The van der Waals surface area contributed by atoms with Crippen LogP contribution < -0.4 is 5.73 Å². The zero-order valence-electron chi connectivity index (χ0n) is 11.5. The van der Waals surface area contributed by atoms with Crippen LogP contribution >= 0.6 is 0 Å². The number of fused-ring (bicyclic) bond motifs is 1. The Morgan fingerprint density at radius 3 is 1.90 bits per heavy atom. The lowest BCUT2D eigenvalue weighted by Gasteiger charge is -2.26. The molecule has 0 bridgehead atoms. The molecular weight excluding hydrogens is 264 g/mol. The van der Waals surface area contributed by atoms with Crippen molar-refractivity contribution in [2.45, 2.75) is 12.5 Å². The molecule has 0 fully saturated rings. The standard InChI is InChI=1S/C17H16N2O2/c18-11-10-15(12-6-2-1-3-7-12)19-16(20)13-8-4-5-9-14(13)17(19)21/h1-9,15H,10-11,18H2/t15-/m1/s1. The second-order valence-corrected chi connectivity index (χ2v) is 5.03. The van der Waals surface area contributed by atoms with E-state index in [-0.39, 0.29) is 17.9 Å². The normalized spacial score (nSPS) is 15.2. The maximum atomic E-state index is 12.6. The van der Waals surface area contributed by atoms with Crippen molar-refractivity contribution in [3.8, 4) is 0 Å². The van der Waals surface area contributed by atoms with Crippen LogP contribution in [0.3, 0.4) is 0 Å². The lowest BCUT2D eigenvalue weighted by Crippen LogP contribution is -2.35. The van der Waals surface area contributed by atoms with E-state index < -0.39 is 0 Å². The fourth-order valence-electron chi connectivity index (χ4n) is 2.77. The van der Waals surface area contributed by atoms with Gasteiger partial charge in [0.05, 0.1) is 17.2 Å². The zero-order chi connectivity index (χ0) is 14.8. The van der Waals surface area contributed by atoms with Crippen LogP contribution in [0, 0.1) is 0 Å². The first-order valence-corrected chi connectivity index (χ1v) is 6.96. The SMILES string of the molecule is NCC[C@H](c1ccccc1)N1C(=O)c2ccccc2C1=O. The number of hydrogen-bond acceptors (Lipinski definition) is 3. The van der Waals surface area contributed by atoms with Gasteiger partial charge in [0.2, 0.25) is 0 Å². The Labute approximate surface area is 123 Å². The minimum absolute atomic E-state index is 0.238. The third-order valence-corrected chi connectivity index (χ3v) is 3.76. The van der Waals surface area contributed by atoms with E-state index >= 15 is 0 Å². The van der Waals surface area contributed by atoms with Crippen LogP contribution in [0.5, 0.6) is 0 Å². The molecule has 4 heteroatoms. The zero-order valence-corrected chi connectivity index (χ0v) is 11.5. The Bertz CT molecular complexity index is 647. The molecule has 2 amide bonds. The van der Waals surface area contributed by atoms with Crippen LogP contribution in [0.4, 0.5) is 0 Å². The highest BCUT2D eigenvalue weighted by Crippen LogP contribution is 2.32. The number of amides is 2. The minimum atomic E-state index is -0.316. The van der Waals surface area contributed by atoms with Gasteiger partial charge < -0.3 is 5.73 Å². The predicted molar refractivity (Wildman–Crippen MR) is 79.8 cm³/mol. The number of rotatable bonds is 4. The molecule has 0 aliphatic carbocycles. The van der Waals surface area contributed by atoms with Crippen molar-refractivity contribution in [2.75, 3.05) is 6.54 Å². The van der Waals surface area contributed by atoms with Crippen molar-refractivity contribution in [1.82, 2.24) is 4.90 Å². The Balaban J connectivity index is 2.02. The summed E-state index contributed by atoms with van der Waals surface area (Å²) in [6.45, 7) is 0.410. The summed E-state index contributed by atoms with van der Waals surface area (Å²) in [5.41, 5.74) is 7.55. The molecule has 1 aliphatic heterocycles. The van der Waals surface area contributed by atoms with Crippen molar-refractivity contribution in [3.05, 3.63) is 71.3 Å².